The summed E-state index contributed by atoms with van der Waals surface area (Å²) in [6.45, 7) is 0. The molecule has 1 unspecified atom stereocenters. The molecule has 0 saturated carbocycles. The molecule has 1 aromatic carbocycles. The number of Topliss-reactive ketones (excluding diaryl/α,β-unsaturated/α-hetero) is 1. The lowest BCUT2D eigenvalue weighted by Crippen LogP contribution is -2.31. The van der Waals surface area contributed by atoms with E-state index in [9.17, 15) is 4.79 Å². The van der Waals surface area contributed by atoms with E-state index in [0.29, 0.717) is 23.3 Å². The van der Waals surface area contributed by atoms with E-state index in [0.717, 1.165) is 39.8 Å². The van der Waals surface area contributed by atoms with Crippen LogP contribution in [0, 0.1) is 0 Å². The SMILES string of the molecule is O=C1CCCC2=C1C(c1cccc(Br)c1)n1nc(SCc3ccccn3)nc1N2. The molecule has 2 aliphatic rings. The van der Waals surface area contributed by atoms with Gasteiger partial charge < -0.3 is 5.32 Å². The Kier molecular flexibility index (Phi) is 4.97. The fourth-order valence-electron chi connectivity index (χ4n) is 3.80. The van der Waals surface area contributed by atoms with Crippen molar-refractivity contribution < 1.29 is 4.79 Å². The zero-order chi connectivity index (χ0) is 19.8. The molecule has 8 heteroatoms. The molecule has 3 aromatic rings. The number of nitrogens with one attached hydrogen (secondary N) is 1. The van der Waals surface area contributed by atoms with Crippen molar-refractivity contribution in [3.8, 4) is 0 Å². The van der Waals surface area contributed by atoms with Crippen molar-refractivity contribution in [3.63, 3.8) is 0 Å². The van der Waals surface area contributed by atoms with E-state index >= 15 is 0 Å². The standard InChI is InChI=1S/C21H18BrN5OS/c22-14-6-3-5-13(11-14)19-18-16(8-4-9-17(18)28)24-20-25-21(26-27(19)20)29-12-15-7-1-2-10-23-15/h1-3,5-7,10-11,19H,4,8-9,12H2,(H,24,25,26). The normalized spacial score (nSPS) is 18.2. The van der Waals surface area contributed by atoms with Crippen LogP contribution in [-0.2, 0) is 10.5 Å². The number of hydrogen-bond acceptors (Lipinski definition) is 6. The minimum atomic E-state index is -0.261. The van der Waals surface area contributed by atoms with Crippen LogP contribution in [0.15, 0.2) is 69.6 Å². The molecule has 2 aromatic heterocycles. The quantitative estimate of drug-likeness (QED) is 0.558. The van der Waals surface area contributed by atoms with E-state index in [1.54, 1.807) is 18.0 Å². The van der Waals surface area contributed by atoms with Gasteiger partial charge in [0.1, 0.15) is 6.04 Å². The molecule has 3 heterocycles. The molecule has 0 fully saturated rings. The van der Waals surface area contributed by atoms with E-state index in [1.807, 2.05) is 41.1 Å². The third-order valence-corrected chi connectivity index (χ3v) is 6.45. The molecular formula is C21H18BrN5OS. The molecule has 0 spiro atoms. The Morgan fingerprint density at radius 2 is 2.14 bits per heavy atom. The Bertz CT molecular complexity index is 1110. The number of aromatic nitrogens is 4. The van der Waals surface area contributed by atoms with Crippen molar-refractivity contribution in [2.45, 2.75) is 36.2 Å². The molecule has 29 heavy (non-hydrogen) atoms. The Balaban J connectivity index is 1.53. The van der Waals surface area contributed by atoms with Crippen molar-refractivity contribution in [1.29, 1.82) is 0 Å². The summed E-state index contributed by atoms with van der Waals surface area (Å²) < 4.78 is 2.83. The number of carbonyl (C=O) groups is 1. The van der Waals surface area contributed by atoms with E-state index in [4.69, 9.17) is 10.1 Å². The Hall–Kier alpha value is -2.45. The van der Waals surface area contributed by atoms with Crippen molar-refractivity contribution >= 4 is 39.4 Å². The summed E-state index contributed by atoms with van der Waals surface area (Å²) >= 11 is 5.10. The first-order valence-electron chi connectivity index (χ1n) is 9.47. The van der Waals surface area contributed by atoms with Gasteiger partial charge in [0, 0.05) is 34.1 Å². The molecular weight excluding hydrogens is 450 g/mol. The van der Waals surface area contributed by atoms with Gasteiger partial charge >= 0.3 is 0 Å². The second-order valence-corrected chi connectivity index (χ2v) is 8.88. The van der Waals surface area contributed by atoms with Gasteiger partial charge in [0.15, 0.2) is 5.78 Å². The molecule has 1 N–H and O–H groups in total. The molecule has 1 aliphatic carbocycles. The minimum absolute atomic E-state index is 0.188. The molecule has 0 radical (unpaired) electrons. The van der Waals surface area contributed by atoms with Crippen LogP contribution in [0.2, 0.25) is 0 Å². The average Bonchev–Trinajstić information content (AvgIpc) is 3.14. The van der Waals surface area contributed by atoms with Crippen LogP contribution in [0.5, 0.6) is 0 Å². The molecule has 1 atom stereocenters. The lowest BCUT2D eigenvalue weighted by atomic mass is 9.85. The summed E-state index contributed by atoms with van der Waals surface area (Å²) in [5.41, 5.74) is 3.80. The number of ketones is 1. The maximum atomic E-state index is 12.8. The van der Waals surface area contributed by atoms with Crippen molar-refractivity contribution in [2.24, 2.45) is 0 Å². The number of thioether (sulfide) groups is 1. The Labute approximate surface area is 181 Å². The minimum Gasteiger partial charge on any atom is -0.328 e. The number of hydrogen-bond donors (Lipinski definition) is 1. The topological polar surface area (TPSA) is 72.7 Å². The molecule has 5 rings (SSSR count). The highest BCUT2D eigenvalue weighted by Crippen LogP contribution is 2.41. The van der Waals surface area contributed by atoms with Gasteiger partial charge in [-0.1, -0.05) is 45.9 Å². The molecule has 0 bridgehead atoms. The number of halogens is 1. The Morgan fingerprint density at radius 1 is 1.21 bits per heavy atom. The zero-order valence-electron chi connectivity index (χ0n) is 15.5. The highest BCUT2D eigenvalue weighted by molar-refractivity contribution is 9.10. The fraction of sp³-hybridized carbons (Fsp3) is 0.238. The maximum absolute atomic E-state index is 12.8. The second kappa shape index (κ2) is 7.76. The van der Waals surface area contributed by atoms with E-state index < -0.39 is 0 Å². The monoisotopic (exact) mass is 467 g/mol. The van der Waals surface area contributed by atoms with Crippen molar-refractivity contribution in [2.75, 3.05) is 5.32 Å². The van der Waals surface area contributed by atoms with Gasteiger partial charge in [-0.25, -0.2) is 4.68 Å². The third kappa shape index (κ3) is 3.62. The molecule has 0 amide bonds. The largest absolute Gasteiger partial charge is 0.328 e. The van der Waals surface area contributed by atoms with Gasteiger partial charge in [0.2, 0.25) is 11.1 Å². The van der Waals surface area contributed by atoms with E-state index in [2.05, 4.69) is 32.3 Å². The summed E-state index contributed by atoms with van der Waals surface area (Å²) in [5.74, 6) is 1.57. The summed E-state index contributed by atoms with van der Waals surface area (Å²) in [6, 6.07) is 13.7. The molecule has 6 nitrogen and oxygen atoms in total. The summed E-state index contributed by atoms with van der Waals surface area (Å²) in [5, 5.41) is 8.80. The number of fused-ring (bicyclic) bond motifs is 1. The van der Waals surface area contributed by atoms with Gasteiger partial charge in [0.25, 0.3) is 0 Å². The van der Waals surface area contributed by atoms with Crippen LogP contribution in [0.4, 0.5) is 5.95 Å². The number of benzene rings is 1. The van der Waals surface area contributed by atoms with Gasteiger partial charge in [-0.05, 0) is 42.7 Å². The zero-order valence-corrected chi connectivity index (χ0v) is 17.9. The van der Waals surface area contributed by atoms with Crippen LogP contribution in [-0.4, -0.2) is 25.5 Å². The molecule has 0 saturated heterocycles. The maximum Gasteiger partial charge on any atom is 0.227 e. The van der Waals surface area contributed by atoms with Crippen molar-refractivity contribution in [1.82, 2.24) is 19.7 Å². The summed E-state index contributed by atoms with van der Waals surface area (Å²) in [6.07, 6.45) is 4.09. The van der Waals surface area contributed by atoms with Crippen LogP contribution in [0.3, 0.4) is 0 Å². The predicted molar refractivity (Wildman–Crippen MR) is 116 cm³/mol. The second-order valence-electron chi connectivity index (χ2n) is 7.02. The first kappa shape index (κ1) is 18.6. The molecule has 1 aliphatic heterocycles. The number of nitrogens with zero attached hydrogens (tertiary/aromatic N) is 4. The third-order valence-electron chi connectivity index (χ3n) is 5.09. The van der Waals surface area contributed by atoms with Gasteiger partial charge in [-0.3, -0.25) is 9.78 Å². The highest BCUT2D eigenvalue weighted by Gasteiger charge is 2.36. The van der Waals surface area contributed by atoms with E-state index in [1.165, 1.54) is 0 Å². The molecule has 146 valence electrons. The lowest BCUT2D eigenvalue weighted by Gasteiger charge is -2.32. The smallest absolute Gasteiger partial charge is 0.227 e. The van der Waals surface area contributed by atoms with Gasteiger partial charge in [-0.15, -0.1) is 5.10 Å². The summed E-state index contributed by atoms with van der Waals surface area (Å²) in [7, 11) is 0. The predicted octanol–water partition coefficient (Wildman–Crippen LogP) is 4.75. The average molecular weight is 468 g/mol. The number of anilines is 1. The van der Waals surface area contributed by atoms with Crippen molar-refractivity contribution in [3.05, 3.63) is 75.7 Å². The number of allylic oxidation sites excluding steroid dienone is 2. The van der Waals surface area contributed by atoms with Crippen LogP contribution >= 0.6 is 27.7 Å². The van der Waals surface area contributed by atoms with Crippen LogP contribution in [0.25, 0.3) is 0 Å². The van der Waals surface area contributed by atoms with E-state index in [-0.39, 0.29) is 11.8 Å². The van der Waals surface area contributed by atoms with Gasteiger partial charge in [-0.2, -0.15) is 4.98 Å². The number of pyridine rings is 1. The summed E-state index contributed by atoms with van der Waals surface area (Å²) in [4.78, 5) is 21.9. The van der Waals surface area contributed by atoms with Crippen LogP contribution in [0.1, 0.15) is 36.6 Å². The first-order chi connectivity index (χ1) is 14.2. The number of rotatable bonds is 4. The lowest BCUT2D eigenvalue weighted by molar-refractivity contribution is -0.116. The fourth-order valence-corrected chi connectivity index (χ4v) is 4.97. The number of carbonyl (C=O) groups excluding carboxylic acids is 1. The van der Waals surface area contributed by atoms with Gasteiger partial charge in [0.05, 0.1) is 5.69 Å². The highest BCUT2D eigenvalue weighted by atomic mass is 79.9. The Morgan fingerprint density at radius 3 is 2.97 bits per heavy atom. The van der Waals surface area contributed by atoms with Crippen LogP contribution < -0.4 is 5.32 Å². The first-order valence-corrected chi connectivity index (χ1v) is 11.2.